The van der Waals surface area contributed by atoms with E-state index < -0.39 is 0 Å². The van der Waals surface area contributed by atoms with Crippen LogP contribution in [0.3, 0.4) is 0 Å². The monoisotopic (exact) mass is 382 g/mol. The lowest BCUT2D eigenvalue weighted by Gasteiger charge is -2.09. The second kappa shape index (κ2) is 9.37. The molecule has 148 valence electrons. The van der Waals surface area contributed by atoms with E-state index >= 15 is 0 Å². The number of aryl methyl sites for hydroxylation is 1. The van der Waals surface area contributed by atoms with E-state index in [1.807, 2.05) is 56.3 Å². The summed E-state index contributed by atoms with van der Waals surface area (Å²) in [7, 11) is 0. The quantitative estimate of drug-likeness (QED) is 0.613. The number of aromatic nitrogens is 1. The number of nitrogens with zero attached hydrogens (tertiary/aromatic N) is 1. The maximum Gasteiger partial charge on any atom is 0.419 e. The predicted molar refractivity (Wildman–Crippen MR) is 108 cm³/mol. The smallest absolute Gasteiger partial charge is 0.408 e. The Morgan fingerprint density at radius 2 is 1.82 bits per heavy atom. The number of para-hydroxylation sites is 2. The number of carbonyl (C=O) groups is 1. The van der Waals surface area contributed by atoms with Gasteiger partial charge in [0.2, 0.25) is 5.91 Å². The van der Waals surface area contributed by atoms with E-state index in [9.17, 15) is 9.59 Å². The minimum absolute atomic E-state index is 0.0342. The Hall–Kier alpha value is -2.86. The van der Waals surface area contributed by atoms with Gasteiger partial charge in [0, 0.05) is 19.5 Å². The summed E-state index contributed by atoms with van der Waals surface area (Å²) in [4.78, 5) is 24.0. The Labute approximate surface area is 164 Å². The first-order valence-corrected chi connectivity index (χ1v) is 9.57. The van der Waals surface area contributed by atoms with Gasteiger partial charge in [-0.05, 0) is 43.5 Å². The average molecular weight is 382 g/mol. The first kappa shape index (κ1) is 19.9. The van der Waals surface area contributed by atoms with Gasteiger partial charge in [0.1, 0.15) is 0 Å². The number of carbonyl (C=O) groups excluding carboxylic acids is 1. The molecule has 0 aliphatic carbocycles. The van der Waals surface area contributed by atoms with Crippen molar-refractivity contribution in [3.8, 4) is 0 Å². The fourth-order valence-corrected chi connectivity index (χ4v) is 2.93. The number of ether oxygens (including phenoxy) is 1. The molecule has 3 aromatic rings. The Bertz CT molecular complexity index is 970. The van der Waals surface area contributed by atoms with Crippen LogP contribution in [-0.2, 0) is 29.2 Å². The van der Waals surface area contributed by atoms with Gasteiger partial charge in [0.05, 0.1) is 18.2 Å². The van der Waals surface area contributed by atoms with Gasteiger partial charge in [-0.15, -0.1) is 0 Å². The summed E-state index contributed by atoms with van der Waals surface area (Å²) < 4.78 is 12.3. The van der Waals surface area contributed by atoms with E-state index in [4.69, 9.17) is 9.15 Å². The molecule has 0 aliphatic rings. The standard InChI is InChI=1S/C22H26N2O4/c1-16(2)27-15-18-11-9-17(10-12-18)14-23-21(25)8-5-13-24-19-6-3-4-7-20(19)28-22(24)26/h3-4,6-7,9-12,16H,5,8,13-15H2,1-2H3,(H,23,25). The predicted octanol–water partition coefficient (Wildman–Crippen LogP) is 3.62. The van der Waals surface area contributed by atoms with E-state index in [1.54, 1.807) is 10.6 Å². The molecule has 6 heteroatoms. The lowest BCUT2D eigenvalue weighted by molar-refractivity contribution is -0.121. The number of oxazole rings is 1. The number of fused-ring (bicyclic) bond motifs is 1. The zero-order chi connectivity index (χ0) is 19.9. The van der Waals surface area contributed by atoms with Crippen molar-refractivity contribution in [1.82, 2.24) is 9.88 Å². The van der Waals surface area contributed by atoms with Crippen molar-refractivity contribution in [3.63, 3.8) is 0 Å². The molecule has 0 aliphatic heterocycles. The third-order valence-corrected chi connectivity index (χ3v) is 4.46. The molecule has 0 unspecified atom stereocenters. The summed E-state index contributed by atoms with van der Waals surface area (Å²) in [5, 5.41) is 2.92. The summed E-state index contributed by atoms with van der Waals surface area (Å²) in [5.41, 5.74) is 3.48. The zero-order valence-electron chi connectivity index (χ0n) is 16.3. The third kappa shape index (κ3) is 5.33. The maximum absolute atomic E-state index is 12.1. The van der Waals surface area contributed by atoms with Crippen molar-refractivity contribution in [1.29, 1.82) is 0 Å². The summed E-state index contributed by atoms with van der Waals surface area (Å²) in [6.07, 6.45) is 1.13. The van der Waals surface area contributed by atoms with Gasteiger partial charge in [0.25, 0.3) is 0 Å². The van der Waals surface area contributed by atoms with Crippen LogP contribution in [0.15, 0.2) is 57.7 Å². The number of hydrogen-bond acceptors (Lipinski definition) is 4. The molecule has 1 N–H and O–H groups in total. The Balaban J connectivity index is 1.43. The highest BCUT2D eigenvalue weighted by molar-refractivity contribution is 5.76. The summed E-state index contributed by atoms with van der Waals surface area (Å²) in [6.45, 7) is 5.55. The van der Waals surface area contributed by atoms with Gasteiger partial charge in [0.15, 0.2) is 5.58 Å². The van der Waals surface area contributed by atoms with E-state index in [0.29, 0.717) is 38.1 Å². The average Bonchev–Trinajstić information content (AvgIpc) is 3.01. The molecule has 1 heterocycles. The summed E-state index contributed by atoms with van der Waals surface area (Å²) in [5.74, 6) is -0.420. The van der Waals surface area contributed by atoms with Crippen LogP contribution in [0.5, 0.6) is 0 Å². The fraction of sp³-hybridized carbons (Fsp3) is 0.364. The number of hydrogen-bond donors (Lipinski definition) is 1. The first-order chi connectivity index (χ1) is 13.5. The molecule has 2 aromatic carbocycles. The highest BCUT2D eigenvalue weighted by atomic mass is 16.5. The Morgan fingerprint density at radius 1 is 1.11 bits per heavy atom. The molecule has 0 saturated heterocycles. The molecular formula is C22H26N2O4. The molecule has 0 atom stereocenters. The number of rotatable bonds is 9. The zero-order valence-corrected chi connectivity index (χ0v) is 16.3. The van der Waals surface area contributed by atoms with E-state index in [1.165, 1.54) is 0 Å². The molecule has 1 aromatic heterocycles. The molecular weight excluding hydrogens is 356 g/mol. The lowest BCUT2D eigenvalue weighted by Crippen LogP contribution is -2.23. The van der Waals surface area contributed by atoms with Crippen molar-refractivity contribution in [2.75, 3.05) is 0 Å². The molecule has 6 nitrogen and oxygen atoms in total. The van der Waals surface area contributed by atoms with Gasteiger partial charge in [-0.2, -0.15) is 0 Å². The van der Waals surface area contributed by atoms with Crippen molar-refractivity contribution in [2.45, 2.75) is 52.5 Å². The molecule has 28 heavy (non-hydrogen) atoms. The molecule has 3 rings (SSSR count). The molecule has 0 spiro atoms. The lowest BCUT2D eigenvalue weighted by atomic mass is 10.1. The van der Waals surface area contributed by atoms with Crippen LogP contribution >= 0.6 is 0 Å². The van der Waals surface area contributed by atoms with Crippen LogP contribution in [0.1, 0.15) is 37.8 Å². The van der Waals surface area contributed by atoms with Crippen LogP contribution in [-0.4, -0.2) is 16.6 Å². The number of nitrogens with one attached hydrogen (secondary N) is 1. The minimum Gasteiger partial charge on any atom is -0.408 e. The Kier molecular flexibility index (Phi) is 6.66. The molecule has 0 bridgehead atoms. The molecule has 1 amide bonds. The number of amides is 1. The topological polar surface area (TPSA) is 73.5 Å². The Morgan fingerprint density at radius 3 is 2.57 bits per heavy atom. The highest BCUT2D eigenvalue weighted by Gasteiger charge is 2.09. The van der Waals surface area contributed by atoms with Crippen LogP contribution in [0.2, 0.25) is 0 Å². The summed E-state index contributed by atoms with van der Waals surface area (Å²) >= 11 is 0. The van der Waals surface area contributed by atoms with Crippen molar-refractivity contribution < 1.29 is 13.9 Å². The van der Waals surface area contributed by atoms with Crippen LogP contribution < -0.4 is 11.1 Å². The van der Waals surface area contributed by atoms with Gasteiger partial charge in [-0.3, -0.25) is 9.36 Å². The van der Waals surface area contributed by atoms with Gasteiger partial charge in [-0.1, -0.05) is 36.4 Å². The number of benzene rings is 2. The van der Waals surface area contributed by atoms with Crippen molar-refractivity contribution in [3.05, 3.63) is 70.2 Å². The van der Waals surface area contributed by atoms with E-state index in [2.05, 4.69) is 5.32 Å². The van der Waals surface area contributed by atoms with Gasteiger partial charge in [-0.25, -0.2) is 4.79 Å². The van der Waals surface area contributed by atoms with Crippen LogP contribution in [0, 0.1) is 0 Å². The van der Waals surface area contributed by atoms with E-state index in [-0.39, 0.29) is 17.8 Å². The third-order valence-electron chi connectivity index (χ3n) is 4.46. The normalized spacial score (nSPS) is 11.2. The molecule has 0 radical (unpaired) electrons. The van der Waals surface area contributed by atoms with E-state index in [0.717, 1.165) is 16.6 Å². The maximum atomic E-state index is 12.1. The van der Waals surface area contributed by atoms with Crippen LogP contribution in [0.25, 0.3) is 11.1 Å². The first-order valence-electron chi connectivity index (χ1n) is 9.57. The second-order valence-corrected chi connectivity index (χ2v) is 7.04. The van der Waals surface area contributed by atoms with Crippen LogP contribution in [0.4, 0.5) is 0 Å². The fourth-order valence-electron chi connectivity index (χ4n) is 2.93. The second-order valence-electron chi connectivity index (χ2n) is 7.04. The molecule has 0 fully saturated rings. The molecule has 0 saturated carbocycles. The summed E-state index contributed by atoms with van der Waals surface area (Å²) in [6, 6.07) is 15.3. The highest BCUT2D eigenvalue weighted by Crippen LogP contribution is 2.12. The largest absolute Gasteiger partial charge is 0.419 e. The van der Waals surface area contributed by atoms with Crippen molar-refractivity contribution in [2.24, 2.45) is 0 Å². The van der Waals surface area contributed by atoms with Gasteiger partial charge >= 0.3 is 5.76 Å². The minimum atomic E-state index is -0.386. The van der Waals surface area contributed by atoms with Gasteiger partial charge < -0.3 is 14.5 Å². The van der Waals surface area contributed by atoms with Crippen molar-refractivity contribution >= 4 is 17.0 Å². The SMILES string of the molecule is CC(C)OCc1ccc(CNC(=O)CCCn2c(=O)oc3ccccc32)cc1.